The van der Waals surface area contributed by atoms with Crippen LogP contribution in [0.3, 0.4) is 0 Å². The van der Waals surface area contributed by atoms with Gasteiger partial charge in [-0.05, 0) is 12.1 Å². The number of benzene rings is 1. The summed E-state index contributed by atoms with van der Waals surface area (Å²) in [6.45, 7) is 0.496. The number of likely N-dealkylation sites (N-methyl/N-ethyl adjacent to an activating group) is 1. The van der Waals surface area contributed by atoms with E-state index in [0.29, 0.717) is 16.7 Å². The number of para-hydroxylation sites is 1. The summed E-state index contributed by atoms with van der Waals surface area (Å²) in [7, 11) is 5.79. The van der Waals surface area contributed by atoms with Crippen LogP contribution in [0, 0.1) is 0 Å². The van der Waals surface area contributed by atoms with E-state index in [9.17, 15) is 14.7 Å². The van der Waals surface area contributed by atoms with E-state index >= 15 is 0 Å². The highest BCUT2D eigenvalue weighted by Gasteiger charge is 2.20. The lowest BCUT2D eigenvalue weighted by molar-refractivity contribution is -0.871. The smallest absolute Gasteiger partial charge is 0.319 e. The molecule has 1 aromatic carbocycles. The average molecular weight is 279 g/mol. The van der Waals surface area contributed by atoms with Crippen molar-refractivity contribution in [2.24, 2.45) is 0 Å². The highest BCUT2D eigenvalue weighted by molar-refractivity contribution is 5.89. The fourth-order valence-electron chi connectivity index (χ4n) is 1.90. The molecule has 0 unspecified atom stereocenters. The molecule has 0 saturated carbocycles. The van der Waals surface area contributed by atoms with Gasteiger partial charge >= 0.3 is 6.03 Å². The minimum atomic E-state index is -1.18. The maximum atomic E-state index is 11.8. The Morgan fingerprint density at radius 3 is 2.30 bits per heavy atom. The SMILES string of the molecule is C[N+](C)(C)C[C@@H](CC(=O)[O-])NC(=O)Nc1ccccc1. The van der Waals surface area contributed by atoms with E-state index in [4.69, 9.17) is 0 Å². The van der Waals surface area contributed by atoms with Gasteiger partial charge in [0.05, 0.1) is 33.7 Å². The summed E-state index contributed by atoms with van der Waals surface area (Å²) in [6.07, 6.45) is -0.211. The van der Waals surface area contributed by atoms with Crippen LogP contribution in [-0.4, -0.2) is 50.2 Å². The topological polar surface area (TPSA) is 81.3 Å². The molecule has 0 aromatic heterocycles. The van der Waals surface area contributed by atoms with Gasteiger partial charge in [-0.3, -0.25) is 0 Å². The molecule has 110 valence electrons. The Balaban J connectivity index is 2.59. The van der Waals surface area contributed by atoms with E-state index in [1.165, 1.54) is 0 Å². The zero-order chi connectivity index (χ0) is 15.2. The standard InChI is InChI=1S/C14H21N3O3/c1-17(2,3)10-12(9-13(18)19)16-14(20)15-11-7-5-4-6-8-11/h4-8,12H,9-10H2,1-3H3,(H2-,15,16,18,19,20)/t12-/m1/s1. The van der Waals surface area contributed by atoms with Crippen molar-refractivity contribution in [3.63, 3.8) is 0 Å². The number of urea groups is 1. The fraction of sp³-hybridized carbons (Fsp3) is 0.429. The second kappa shape index (κ2) is 6.91. The molecule has 6 nitrogen and oxygen atoms in total. The molecule has 0 saturated heterocycles. The van der Waals surface area contributed by atoms with Crippen LogP contribution >= 0.6 is 0 Å². The normalized spacial score (nSPS) is 12.6. The Kier molecular flexibility index (Phi) is 5.52. The molecule has 2 N–H and O–H groups in total. The molecule has 0 spiro atoms. The molecular formula is C14H21N3O3. The van der Waals surface area contributed by atoms with Gasteiger partial charge in [0.2, 0.25) is 0 Å². The number of carboxylic acid groups (broad SMARTS) is 1. The molecule has 0 radical (unpaired) electrons. The minimum absolute atomic E-state index is 0.211. The number of carboxylic acids is 1. The molecule has 0 aliphatic rings. The summed E-state index contributed by atoms with van der Waals surface area (Å²) in [6, 6.07) is 8.07. The predicted octanol–water partition coefficient (Wildman–Crippen LogP) is 0.0229. The van der Waals surface area contributed by atoms with Gasteiger partial charge in [0, 0.05) is 18.1 Å². The number of quaternary nitrogens is 1. The third-order valence-electron chi connectivity index (χ3n) is 2.55. The molecule has 1 atom stereocenters. The van der Waals surface area contributed by atoms with Gasteiger partial charge in [-0.25, -0.2) is 4.79 Å². The third kappa shape index (κ3) is 6.75. The molecule has 1 rings (SSSR count). The maximum Gasteiger partial charge on any atom is 0.319 e. The van der Waals surface area contributed by atoms with Crippen LogP contribution in [0.25, 0.3) is 0 Å². The van der Waals surface area contributed by atoms with Crippen molar-refractivity contribution in [1.82, 2.24) is 5.32 Å². The van der Waals surface area contributed by atoms with Crippen LogP contribution in [0.4, 0.5) is 10.5 Å². The first-order valence-corrected chi connectivity index (χ1v) is 6.39. The fourth-order valence-corrected chi connectivity index (χ4v) is 1.90. The zero-order valence-corrected chi connectivity index (χ0v) is 12.1. The third-order valence-corrected chi connectivity index (χ3v) is 2.55. The van der Waals surface area contributed by atoms with Gasteiger partial charge in [0.1, 0.15) is 0 Å². The predicted molar refractivity (Wildman–Crippen MR) is 74.9 cm³/mol. The molecule has 0 fully saturated rings. The Hall–Kier alpha value is -2.08. The molecule has 20 heavy (non-hydrogen) atoms. The summed E-state index contributed by atoms with van der Waals surface area (Å²) in [5.41, 5.74) is 0.655. The number of aliphatic carboxylic acids is 1. The number of carbonyl (C=O) groups excluding carboxylic acids is 2. The monoisotopic (exact) mass is 279 g/mol. The van der Waals surface area contributed by atoms with Gasteiger partial charge in [0.25, 0.3) is 0 Å². The van der Waals surface area contributed by atoms with E-state index < -0.39 is 18.0 Å². The molecule has 6 heteroatoms. The summed E-state index contributed by atoms with van der Waals surface area (Å²) >= 11 is 0. The first-order valence-electron chi connectivity index (χ1n) is 6.39. The molecular weight excluding hydrogens is 258 g/mol. The highest BCUT2D eigenvalue weighted by atomic mass is 16.4. The Labute approximate surface area is 119 Å². The van der Waals surface area contributed by atoms with E-state index in [0.717, 1.165) is 0 Å². The molecule has 0 bridgehead atoms. The lowest BCUT2D eigenvalue weighted by atomic mass is 10.2. The van der Waals surface area contributed by atoms with Gasteiger partial charge in [-0.1, -0.05) is 18.2 Å². The maximum absolute atomic E-state index is 11.8. The second-order valence-corrected chi connectivity index (χ2v) is 5.71. The van der Waals surface area contributed by atoms with Gasteiger partial charge in [0.15, 0.2) is 0 Å². The van der Waals surface area contributed by atoms with Crippen molar-refractivity contribution in [2.75, 3.05) is 33.0 Å². The van der Waals surface area contributed by atoms with Crippen molar-refractivity contribution in [3.05, 3.63) is 30.3 Å². The van der Waals surface area contributed by atoms with Crippen molar-refractivity contribution >= 4 is 17.7 Å². The number of carbonyl (C=O) groups is 2. The molecule has 0 aliphatic carbocycles. The molecule has 0 heterocycles. The minimum Gasteiger partial charge on any atom is -0.550 e. The highest BCUT2D eigenvalue weighted by Crippen LogP contribution is 2.05. The van der Waals surface area contributed by atoms with Gasteiger partial charge in [-0.15, -0.1) is 0 Å². The molecule has 0 aliphatic heterocycles. The van der Waals surface area contributed by atoms with Crippen LogP contribution < -0.4 is 15.7 Å². The van der Waals surface area contributed by atoms with Crippen molar-refractivity contribution < 1.29 is 19.2 Å². The number of anilines is 1. The second-order valence-electron chi connectivity index (χ2n) is 5.71. The Morgan fingerprint density at radius 1 is 1.20 bits per heavy atom. The quantitative estimate of drug-likeness (QED) is 0.720. The van der Waals surface area contributed by atoms with Crippen molar-refractivity contribution in [1.29, 1.82) is 0 Å². The zero-order valence-electron chi connectivity index (χ0n) is 12.1. The Morgan fingerprint density at radius 2 is 1.80 bits per heavy atom. The largest absolute Gasteiger partial charge is 0.550 e. The first-order chi connectivity index (χ1) is 9.26. The number of nitrogens with zero attached hydrogens (tertiary/aromatic N) is 1. The van der Waals surface area contributed by atoms with Crippen LogP contribution in [0.2, 0.25) is 0 Å². The van der Waals surface area contributed by atoms with Gasteiger partial charge < -0.3 is 25.0 Å². The van der Waals surface area contributed by atoms with Crippen LogP contribution in [0.5, 0.6) is 0 Å². The summed E-state index contributed by atoms with van der Waals surface area (Å²) in [5, 5.41) is 16.1. The van der Waals surface area contributed by atoms with Crippen LogP contribution in [0.15, 0.2) is 30.3 Å². The van der Waals surface area contributed by atoms with E-state index in [1.807, 2.05) is 27.2 Å². The van der Waals surface area contributed by atoms with Crippen molar-refractivity contribution in [3.8, 4) is 0 Å². The Bertz CT molecular complexity index is 454. The van der Waals surface area contributed by atoms with Crippen LogP contribution in [-0.2, 0) is 4.79 Å². The lowest BCUT2D eigenvalue weighted by Crippen LogP contribution is -2.51. The summed E-state index contributed by atoms with van der Waals surface area (Å²) in [5.74, 6) is -1.18. The number of hydrogen-bond acceptors (Lipinski definition) is 3. The number of amides is 2. The van der Waals surface area contributed by atoms with E-state index in [-0.39, 0.29) is 6.42 Å². The van der Waals surface area contributed by atoms with E-state index in [1.54, 1.807) is 24.3 Å². The first kappa shape index (κ1) is 16.0. The molecule has 1 aromatic rings. The van der Waals surface area contributed by atoms with Gasteiger partial charge in [-0.2, -0.15) is 0 Å². The number of nitrogens with one attached hydrogen (secondary N) is 2. The molecule has 2 amide bonds. The summed E-state index contributed by atoms with van der Waals surface area (Å²) in [4.78, 5) is 22.6. The number of hydrogen-bond donors (Lipinski definition) is 2. The number of rotatable bonds is 6. The van der Waals surface area contributed by atoms with Crippen LogP contribution in [0.1, 0.15) is 6.42 Å². The van der Waals surface area contributed by atoms with E-state index in [2.05, 4.69) is 10.6 Å². The van der Waals surface area contributed by atoms with Crippen molar-refractivity contribution in [2.45, 2.75) is 12.5 Å². The average Bonchev–Trinajstić information content (AvgIpc) is 2.26. The lowest BCUT2D eigenvalue weighted by Gasteiger charge is -2.30. The summed E-state index contributed by atoms with van der Waals surface area (Å²) < 4.78 is 0.545.